The van der Waals surface area contributed by atoms with Gasteiger partial charge in [0.15, 0.2) is 0 Å². The Hall–Kier alpha value is -5.52. The Bertz CT molecular complexity index is 2370. The number of thioether (sulfide) groups is 3. The van der Waals surface area contributed by atoms with Crippen LogP contribution in [-0.2, 0) is 42.9 Å². The summed E-state index contributed by atoms with van der Waals surface area (Å²) in [6.07, 6.45) is 0. The third-order valence-electron chi connectivity index (χ3n) is 9.74. The normalized spacial score (nSPS) is 17.8. The molecule has 3 amide bonds. The molecule has 14 nitrogen and oxygen atoms in total. The average Bonchev–Trinajstić information content (AvgIpc) is 3.59. The van der Waals surface area contributed by atoms with Gasteiger partial charge in [-0.25, -0.2) is 19.2 Å². The van der Waals surface area contributed by atoms with Crippen LogP contribution < -0.4 is 9.64 Å². The number of rotatable bonds is 7. The number of ether oxygens (including phenoxy) is 5. The molecule has 0 aliphatic carbocycles. The molecule has 56 heavy (non-hydrogen) atoms. The lowest BCUT2D eigenvalue weighted by Crippen LogP contribution is -2.57. The number of imide groups is 1. The summed E-state index contributed by atoms with van der Waals surface area (Å²) in [5, 5.41) is 1.21. The Morgan fingerprint density at radius 2 is 1.21 bits per heavy atom. The first-order valence-electron chi connectivity index (χ1n) is 16.7. The zero-order valence-electron chi connectivity index (χ0n) is 30.9. The van der Waals surface area contributed by atoms with E-state index < -0.39 is 57.8 Å². The molecule has 0 radical (unpaired) electrons. The third kappa shape index (κ3) is 5.62. The van der Waals surface area contributed by atoms with Gasteiger partial charge in [-0.15, -0.1) is 0 Å². The van der Waals surface area contributed by atoms with E-state index in [1.54, 1.807) is 68.4 Å². The molecule has 0 saturated carbocycles. The van der Waals surface area contributed by atoms with Crippen molar-refractivity contribution in [2.24, 2.45) is 0 Å². The van der Waals surface area contributed by atoms with Crippen LogP contribution in [0, 0.1) is 0 Å². The minimum absolute atomic E-state index is 0.202. The molecule has 0 atom stereocenters. The summed E-state index contributed by atoms with van der Waals surface area (Å²) in [7, 11) is 5.94. The van der Waals surface area contributed by atoms with Crippen LogP contribution in [0.25, 0.3) is 16.3 Å². The number of amides is 3. The number of nitrogens with zero attached hydrogens (tertiary/aromatic N) is 2. The van der Waals surface area contributed by atoms with Crippen LogP contribution in [-0.4, -0.2) is 98.2 Å². The molecular weight excluding hydrogens is 785 g/mol. The highest BCUT2D eigenvalue weighted by atomic mass is 32.2. The van der Waals surface area contributed by atoms with Crippen LogP contribution in [0.3, 0.4) is 0 Å². The van der Waals surface area contributed by atoms with Crippen molar-refractivity contribution in [1.82, 2.24) is 4.90 Å². The predicted molar refractivity (Wildman–Crippen MR) is 208 cm³/mol. The molecule has 0 N–H and O–H groups in total. The van der Waals surface area contributed by atoms with Crippen molar-refractivity contribution in [3.63, 3.8) is 0 Å². The van der Waals surface area contributed by atoms with Gasteiger partial charge in [0.2, 0.25) is 5.91 Å². The first kappa shape index (κ1) is 38.7. The van der Waals surface area contributed by atoms with Crippen molar-refractivity contribution in [2.45, 2.75) is 23.5 Å². The average molecular weight is 817 g/mol. The molecule has 1 spiro atoms. The van der Waals surface area contributed by atoms with Gasteiger partial charge in [-0.2, -0.15) is 0 Å². The van der Waals surface area contributed by atoms with E-state index in [0.29, 0.717) is 32.6 Å². The van der Waals surface area contributed by atoms with Crippen molar-refractivity contribution in [1.29, 1.82) is 0 Å². The van der Waals surface area contributed by atoms with Crippen LogP contribution in [0.4, 0.5) is 5.69 Å². The number of methoxy groups -OCH3 is 5. The lowest BCUT2D eigenvalue weighted by Gasteiger charge is -2.51. The van der Waals surface area contributed by atoms with Crippen molar-refractivity contribution < 1.29 is 57.2 Å². The maximum Gasteiger partial charge on any atom is 0.345 e. The Morgan fingerprint density at radius 3 is 1.73 bits per heavy atom. The van der Waals surface area contributed by atoms with E-state index >= 15 is 0 Å². The number of hydrogen-bond acceptors (Lipinski definition) is 15. The fourth-order valence-electron chi connectivity index (χ4n) is 7.30. The standard InChI is InChI=1S/C39H32N2O12S3/c1-38(2)31-26(39(27(34(45)50-4)28(54-31)35(46)51-5)55-29(36(47)52-6)30(56-39)37(48)53-7)22-16-19(49-3)14-15-23(22)41(38)24(42)17-40-32(43)20-12-8-10-18-11-9-13-21(25(18)20)33(40)44/h8-16H,17H2,1-7H3. The van der Waals surface area contributed by atoms with Crippen LogP contribution >= 0.6 is 35.3 Å². The van der Waals surface area contributed by atoms with E-state index in [2.05, 4.69) is 0 Å². The first-order valence-corrected chi connectivity index (χ1v) is 19.2. The summed E-state index contributed by atoms with van der Waals surface area (Å²) in [4.78, 5) is 99.2. The summed E-state index contributed by atoms with van der Waals surface area (Å²) in [6, 6.07) is 15.1. The molecule has 0 unspecified atom stereocenters. The van der Waals surface area contributed by atoms with Crippen LogP contribution in [0.5, 0.6) is 5.75 Å². The Kier molecular flexibility index (Phi) is 9.83. The van der Waals surface area contributed by atoms with Gasteiger partial charge in [0.1, 0.15) is 31.1 Å². The monoisotopic (exact) mass is 816 g/mol. The second-order valence-electron chi connectivity index (χ2n) is 13.0. The van der Waals surface area contributed by atoms with Gasteiger partial charge >= 0.3 is 23.9 Å². The van der Waals surface area contributed by atoms with Crippen molar-refractivity contribution in [3.8, 4) is 5.75 Å². The molecule has 4 aliphatic heterocycles. The van der Waals surface area contributed by atoms with E-state index in [0.717, 1.165) is 68.6 Å². The molecular formula is C39H32N2O12S3. The molecule has 0 bridgehead atoms. The summed E-state index contributed by atoms with van der Waals surface area (Å²) in [6.45, 7) is 2.73. The fraction of sp³-hybridized carbons (Fsp3) is 0.256. The van der Waals surface area contributed by atoms with Gasteiger partial charge in [0.25, 0.3) is 11.8 Å². The quantitative estimate of drug-likeness (QED) is 0.176. The molecule has 3 aromatic carbocycles. The van der Waals surface area contributed by atoms with Crippen molar-refractivity contribution in [3.05, 3.63) is 96.5 Å². The van der Waals surface area contributed by atoms with Crippen molar-refractivity contribution in [2.75, 3.05) is 47.0 Å². The van der Waals surface area contributed by atoms with Crippen LogP contribution in [0.15, 0.2) is 79.8 Å². The minimum atomic E-state index is -1.82. The molecule has 7 rings (SSSR count). The molecule has 17 heteroatoms. The van der Waals surface area contributed by atoms with Crippen LogP contribution in [0.1, 0.15) is 40.1 Å². The maximum atomic E-state index is 14.9. The van der Waals surface area contributed by atoms with Gasteiger partial charge in [0.05, 0.1) is 52.3 Å². The second kappa shape index (κ2) is 14.2. The van der Waals surface area contributed by atoms with Crippen molar-refractivity contribution >= 4 is 98.9 Å². The van der Waals surface area contributed by atoms with E-state index in [1.165, 1.54) is 12.0 Å². The highest BCUT2D eigenvalue weighted by molar-refractivity contribution is 8.26. The number of hydrogen-bond donors (Lipinski definition) is 0. The summed E-state index contributed by atoms with van der Waals surface area (Å²) < 4.78 is 24.3. The van der Waals surface area contributed by atoms with Gasteiger partial charge < -0.3 is 28.6 Å². The summed E-state index contributed by atoms with van der Waals surface area (Å²) in [5.41, 5.74) is -0.183. The molecule has 3 aromatic rings. The molecule has 0 aromatic heterocycles. The zero-order valence-corrected chi connectivity index (χ0v) is 33.4. The van der Waals surface area contributed by atoms with Gasteiger partial charge in [0, 0.05) is 32.6 Å². The zero-order chi connectivity index (χ0) is 40.4. The van der Waals surface area contributed by atoms with E-state index in [9.17, 15) is 33.6 Å². The fourth-order valence-corrected chi connectivity index (χ4v) is 12.4. The second-order valence-corrected chi connectivity index (χ2v) is 16.8. The number of esters is 4. The Labute approximate surface area is 332 Å². The Balaban J connectivity index is 1.44. The molecule has 0 saturated heterocycles. The van der Waals surface area contributed by atoms with E-state index in [1.807, 2.05) is 0 Å². The highest BCUT2D eigenvalue weighted by Crippen LogP contribution is 2.71. The number of fused-ring (bicyclic) bond motifs is 3. The summed E-state index contributed by atoms with van der Waals surface area (Å²) in [5.74, 6) is -5.32. The third-order valence-corrected chi connectivity index (χ3v) is 14.4. The topological polar surface area (TPSA) is 172 Å². The minimum Gasteiger partial charge on any atom is -0.497 e. The number of carbonyl (C=O) groups is 7. The van der Waals surface area contributed by atoms with E-state index in [4.69, 9.17) is 23.7 Å². The summed E-state index contributed by atoms with van der Waals surface area (Å²) >= 11 is 2.42. The number of carbonyl (C=O) groups excluding carboxylic acids is 7. The maximum absolute atomic E-state index is 14.9. The Morgan fingerprint density at radius 1 is 0.679 bits per heavy atom. The predicted octanol–water partition coefficient (Wildman–Crippen LogP) is 5.06. The van der Waals surface area contributed by atoms with Gasteiger partial charge in [-0.3, -0.25) is 19.3 Å². The lowest BCUT2D eigenvalue weighted by molar-refractivity contribution is -0.138. The molecule has 0 fully saturated rings. The lowest BCUT2D eigenvalue weighted by atomic mass is 9.83. The molecule has 4 aliphatic rings. The largest absolute Gasteiger partial charge is 0.497 e. The first-order chi connectivity index (χ1) is 26.7. The van der Waals surface area contributed by atoms with Crippen LogP contribution in [0.2, 0.25) is 0 Å². The number of benzene rings is 3. The number of anilines is 1. The highest BCUT2D eigenvalue weighted by Gasteiger charge is 2.62. The molecule has 4 heterocycles. The SMILES string of the molecule is COC(=O)C1=C(C(=O)OC)SC2(S1)C(C(=O)OC)=C(C(=O)OC)SC1=C2c2cc(OC)ccc2N(C(=O)CN2C(=O)c3cccc4cccc(c34)C2=O)C1(C)C. The smallest absolute Gasteiger partial charge is 0.345 e. The molecule has 288 valence electrons. The van der Waals surface area contributed by atoms with E-state index in [-0.39, 0.29) is 37.1 Å². The van der Waals surface area contributed by atoms with Gasteiger partial charge in [-0.1, -0.05) is 59.6 Å². The van der Waals surface area contributed by atoms with Gasteiger partial charge in [-0.05, 0) is 49.6 Å².